The zero-order valence-electron chi connectivity index (χ0n) is 17.0. The Morgan fingerprint density at radius 1 is 1.00 bits per heavy atom. The van der Waals surface area contributed by atoms with Gasteiger partial charge in [0, 0.05) is 18.7 Å². The number of benzene rings is 2. The van der Waals surface area contributed by atoms with Crippen LogP contribution in [0.2, 0.25) is 0 Å². The Hall–Kier alpha value is -2.26. The molecule has 0 bridgehead atoms. The van der Waals surface area contributed by atoms with Gasteiger partial charge >= 0.3 is 0 Å². The van der Waals surface area contributed by atoms with Gasteiger partial charge < -0.3 is 14.4 Å². The molecule has 0 spiro atoms. The minimum absolute atomic E-state index is 0.861. The lowest BCUT2D eigenvalue weighted by Crippen LogP contribution is -2.31. The van der Waals surface area contributed by atoms with E-state index in [0.29, 0.717) is 0 Å². The van der Waals surface area contributed by atoms with Crippen LogP contribution in [-0.4, -0.2) is 38.8 Å². The molecule has 1 fully saturated rings. The number of nitrogens with zero attached hydrogens (tertiary/aromatic N) is 1. The lowest BCUT2D eigenvalue weighted by molar-refractivity contribution is 0.257. The first-order valence-electron chi connectivity index (χ1n) is 9.90. The molecule has 3 nitrogen and oxygen atoms in total. The second kappa shape index (κ2) is 9.09. The number of hydrogen-bond donors (Lipinski definition) is 0. The lowest BCUT2D eigenvalue weighted by atomic mass is 9.87. The normalized spacial score (nSPS) is 14.9. The van der Waals surface area contributed by atoms with Crippen molar-refractivity contribution in [1.82, 2.24) is 4.90 Å². The molecule has 1 aliphatic rings. The van der Waals surface area contributed by atoms with E-state index >= 15 is 0 Å². The fraction of sp³-hybridized carbons (Fsp3) is 0.417. The van der Waals surface area contributed by atoms with Gasteiger partial charge in [-0.05, 0) is 62.1 Å². The van der Waals surface area contributed by atoms with Gasteiger partial charge in [-0.2, -0.15) is 0 Å². The van der Waals surface area contributed by atoms with Crippen molar-refractivity contribution < 1.29 is 9.47 Å². The number of rotatable bonds is 6. The van der Waals surface area contributed by atoms with Crippen LogP contribution in [0.15, 0.2) is 48.0 Å². The molecule has 0 unspecified atom stereocenters. The smallest absolute Gasteiger partial charge is 0.126 e. The van der Waals surface area contributed by atoms with Gasteiger partial charge in [0.25, 0.3) is 0 Å². The Labute approximate surface area is 163 Å². The minimum Gasteiger partial charge on any atom is -0.497 e. The number of methoxy groups -OCH3 is 2. The van der Waals surface area contributed by atoms with E-state index in [1.807, 2.05) is 12.1 Å². The van der Waals surface area contributed by atoms with Crippen molar-refractivity contribution in [3.63, 3.8) is 0 Å². The topological polar surface area (TPSA) is 21.7 Å². The van der Waals surface area contributed by atoms with Crippen LogP contribution in [-0.2, 0) is 0 Å². The Bertz CT molecular complexity index is 800. The first-order valence-corrected chi connectivity index (χ1v) is 9.90. The van der Waals surface area contributed by atoms with Crippen LogP contribution in [0.4, 0.5) is 0 Å². The van der Waals surface area contributed by atoms with E-state index in [1.54, 1.807) is 14.2 Å². The molecule has 0 aromatic heterocycles. The van der Waals surface area contributed by atoms with Crippen molar-refractivity contribution in [2.45, 2.75) is 33.1 Å². The van der Waals surface area contributed by atoms with Gasteiger partial charge in [0.2, 0.25) is 0 Å². The van der Waals surface area contributed by atoms with Crippen molar-refractivity contribution in [3.8, 4) is 11.5 Å². The summed E-state index contributed by atoms with van der Waals surface area (Å²) in [4.78, 5) is 2.57. The fourth-order valence-corrected chi connectivity index (χ4v) is 3.97. The van der Waals surface area contributed by atoms with Gasteiger partial charge in [-0.3, -0.25) is 0 Å². The van der Waals surface area contributed by atoms with E-state index in [1.165, 1.54) is 35.2 Å². The molecule has 2 aromatic rings. The number of hydrogen-bond acceptors (Lipinski definition) is 3. The first-order chi connectivity index (χ1) is 13.2. The average molecular weight is 366 g/mol. The quantitative estimate of drug-likeness (QED) is 0.691. The van der Waals surface area contributed by atoms with Crippen molar-refractivity contribution in [1.29, 1.82) is 0 Å². The Morgan fingerprint density at radius 2 is 1.78 bits per heavy atom. The highest BCUT2D eigenvalue weighted by Gasteiger charge is 2.21. The largest absolute Gasteiger partial charge is 0.497 e. The van der Waals surface area contributed by atoms with Gasteiger partial charge in [0.05, 0.1) is 14.2 Å². The zero-order chi connectivity index (χ0) is 19.2. The monoisotopic (exact) mass is 365 g/mol. The van der Waals surface area contributed by atoms with Gasteiger partial charge in [0.1, 0.15) is 11.5 Å². The molecule has 0 saturated carbocycles. The van der Waals surface area contributed by atoms with E-state index in [-0.39, 0.29) is 0 Å². The third-order valence-electron chi connectivity index (χ3n) is 5.34. The molecule has 0 atom stereocenters. The highest BCUT2D eigenvalue weighted by molar-refractivity contribution is 5.85. The second-order valence-corrected chi connectivity index (χ2v) is 7.26. The Morgan fingerprint density at radius 3 is 2.41 bits per heavy atom. The van der Waals surface area contributed by atoms with Gasteiger partial charge in [0.15, 0.2) is 0 Å². The van der Waals surface area contributed by atoms with E-state index in [2.05, 4.69) is 49.1 Å². The fourth-order valence-electron chi connectivity index (χ4n) is 3.97. The Balaban J connectivity index is 2.11. The summed E-state index contributed by atoms with van der Waals surface area (Å²) in [5, 5.41) is 0. The van der Waals surface area contributed by atoms with Crippen LogP contribution in [0.1, 0.15) is 42.9 Å². The lowest BCUT2D eigenvalue weighted by Gasteiger charge is -2.30. The summed E-state index contributed by atoms with van der Waals surface area (Å²) in [7, 11) is 3.46. The van der Waals surface area contributed by atoms with Crippen LogP contribution < -0.4 is 9.47 Å². The van der Waals surface area contributed by atoms with Crippen LogP contribution in [0.3, 0.4) is 0 Å². The molecule has 0 N–H and O–H groups in total. The molecular weight excluding hydrogens is 334 g/mol. The van der Waals surface area contributed by atoms with Gasteiger partial charge in [-0.1, -0.05) is 42.3 Å². The SMILES string of the molecule is CCCN1CCC(=C(c2cccc(C)c2)c2cc(OC)ccc2OC)CC1. The van der Waals surface area contributed by atoms with Crippen molar-refractivity contribution in [3.05, 3.63) is 64.7 Å². The molecule has 0 amide bonds. The molecule has 3 heteroatoms. The predicted octanol–water partition coefficient (Wildman–Crippen LogP) is 5.32. The number of aryl methyl sites for hydroxylation is 1. The summed E-state index contributed by atoms with van der Waals surface area (Å²) in [6, 6.07) is 14.9. The molecule has 0 radical (unpaired) electrons. The maximum atomic E-state index is 5.73. The molecule has 1 saturated heterocycles. The molecule has 1 heterocycles. The predicted molar refractivity (Wildman–Crippen MR) is 113 cm³/mol. The maximum Gasteiger partial charge on any atom is 0.126 e. The third-order valence-corrected chi connectivity index (χ3v) is 5.34. The van der Waals surface area contributed by atoms with Crippen LogP contribution in [0, 0.1) is 6.92 Å². The van der Waals surface area contributed by atoms with Crippen molar-refractivity contribution >= 4 is 5.57 Å². The summed E-state index contributed by atoms with van der Waals surface area (Å²) < 4.78 is 11.2. The van der Waals surface area contributed by atoms with Gasteiger partial charge in [-0.25, -0.2) is 0 Å². The van der Waals surface area contributed by atoms with Crippen LogP contribution in [0.5, 0.6) is 11.5 Å². The van der Waals surface area contributed by atoms with Crippen LogP contribution in [0.25, 0.3) is 5.57 Å². The zero-order valence-corrected chi connectivity index (χ0v) is 17.0. The van der Waals surface area contributed by atoms with Crippen molar-refractivity contribution in [2.75, 3.05) is 33.9 Å². The van der Waals surface area contributed by atoms with Gasteiger partial charge in [-0.15, -0.1) is 0 Å². The standard InChI is InChI=1S/C24H31NO2/c1-5-13-25-14-11-19(12-15-25)24(20-8-6-7-18(2)16-20)22-17-21(26-3)9-10-23(22)27-4/h6-10,16-17H,5,11-15H2,1-4H3. The molecular formula is C24H31NO2. The average Bonchev–Trinajstić information content (AvgIpc) is 2.70. The highest BCUT2D eigenvalue weighted by Crippen LogP contribution is 2.39. The summed E-state index contributed by atoms with van der Waals surface area (Å²) in [5.74, 6) is 1.76. The molecule has 0 aliphatic carbocycles. The van der Waals surface area contributed by atoms with Crippen LogP contribution >= 0.6 is 0 Å². The highest BCUT2D eigenvalue weighted by atomic mass is 16.5. The van der Waals surface area contributed by atoms with E-state index < -0.39 is 0 Å². The number of likely N-dealkylation sites (tertiary alicyclic amines) is 1. The Kier molecular flexibility index (Phi) is 6.57. The third kappa shape index (κ3) is 4.54. The van der Waals surface area contributed by atoms with E-state index in [9.17, 15) is 0 Å². The summed E-state index contributed by atoms with van der Waals surface area (Å²) >= 11 is 0. The molecule has 2 aromatic carbocycles. The maximum absolute atomic E-state index is 5.73. The van der Waals surface area contributed by atoms with E-state index in [4.69, 9.17) is 9.47 Å². The molecule has 3 rings (SSSR count). The molecule has 27 heavy (non-hydrogen) atoms. The summed E-state index contributed by atoms with van der Waals surface area (Å²) in [6.45, 7) is 7.86. The summed E-state index contributed by atoms with van der Waals surface area (Å²) in [6.07, 6.45) is 3.42. The number of piperidine rings is 1. The second-order valence-electron chi connectivity index (χ2n) is 7.26. The van der Waals surface area contributed by atoms with E-state index in [0.717, 1.165) is 43.0 Å². The first kappa shape index (κ1) is 19.5. The summed E-state index contributed by atoms with van der Waals surface area (Å²) in [5.41, 5.74) is 6.49. The minimum atomic E-state index is 0.861. The van der Waals surface area contributed by atoms with Crippen molar-refractivity contribution in [2.24, 2.45) is 0 Å². The number of ether oxygens (including phenoxy) is 2. The molecule has 1 aliphatic heterocycles. The molecule has 144 valence electrons.